The SMILES string of the molecule is CNCC1CCN(Cc2ccc3c(c2)sc(=O)n3C)C1. The molecule has 0 aliphatic carbocycles. The molecule has 5 heteroatoms. The summed E-state index contributed by atoms with van der Waals surface area (Å²) in [4.78, 5) is 14.3. The molecule has 1 aromatic heterocycles. The van der Waals surface area contributed by atoms with E-state index in [4.69, 9.17) is 0 Å². The van der Waals surface area contributed by atoms with Gasteiger partial charge in [-0.1, -0.05) is 17.4 Å². The fourth-order valence-electron chi connectivity index (χ4n) is 3.05. The molecular weight excluding hydrogens is 270 g/mol. The summed E-state index contributed by atoms with van der Waals surface area (Å²) in [6.45, 7) is 4.45. The zero-order chi connectivity index (χ0) is 14.1. The van der Waals surface area contributed by atoms with E-state index in [-0.39, 0.29) is 4.87 Å². The van der Waals surface area contributed by atoms with E-state index in [0.29, 0.717) is 0 Å². The molecule has 2 heterocycles. The van der Waals surface area contributed by atoms with Gasteiger partial charge in [0.25, 0.3) is 0 Å². The van der Waals surface area contributed by atoms with Gasteiger partial charge in [0.2, 0.25) is 0 Å². The summed E-state index contributed by atoms with van der Waals surface area (Å²) >= 11 is 1.34. The van der Waals surface area contributed by atoms with Gasteiger partial charge in [0.05, 0.1) is 10.2 Å². The van der Waals surface area contributed by atoms with Crippen LogP contribution in [0.2, 0.25) is 0 Å². The van der Waals surface area contributed by atoms with Crippen LogP contribution in [0.25, 0.3) is 10.2 Å². The van der Waals surface area contributed by atoms with Crippen LogP contribution < -0.4 is 10.2 Å². The maximum Gasteiger partial charge on any atom is 0.307 e. The third-order valence-electron chi connectivity index (χ3n) is 4.13. The third-order valence-corrected chi connectivity index (χ3v) is 5.12. The van der Waals surface area contributed by atoms with E-state index in [9.17, 15) is 4.79 Å². The van der Waals surface area contributed by atoms with Crippen LogP contribution in [0.3, 0.4) is 0 Å². The Kier molecular flexibility index (Phi) is 3.92. The van der Waals surface area contributed by atoms with Crippen LogP contribution in [0, 0.1) is 5.92 Å². The number of likely N-dealkylation sites (tertiary alicyclic amines) is 1. The number of thiazole rings is 1. The number of aryl methyl sites for hydroxylation is 1. The van der Waals surface area contributed by atoms with Gasteiger partial charge in [0.1, 0.15) is 0 Å². The Balaban J connectivity index is 1.74. The van der Waals surface area contributed by atoms with Gasteiger partial charge in [0, 0.05) is 20.1 Å². The number of hydrogen-bond acceptors (Lipinski definition) is 4. The van der Waals surface area contributed by atoms with E-state index in [0.717, 1.165) is 29.2 Å². The summed E-state index contributed by atoms with van der Waals surface area (Å²) in [5, 5.41) is 3.26. The highest BCUT2D eigenvalue weighted by Crippen LogP contribution is 2.22. The van der Waals surface area contributed by atoms with Gasteiger partial charge in [-0.25, -0.2) is 0 Å². The van der Waals surface area contributed by atoms with Crippen LogP contribution >= 0.6 is 11.3 Å². The first-order valence-electron chi connectivity index (χ1n) is 7.13. The first-order chi connectivity index (χ1) is 9.67. The standard InChI is InChI=1S/C15H21N3OS/c1-16-8-12-5-6-18(10-12)9-11-3-4-13-14(7-11)20-15(19)17(13)2/h3-4,7,12,16H,5-6,8-10H2,1-2H3. The second-order valence-corrected chi connectivity index (χ2v) is 6.67. The van der Waals surface area contributed by atoms with Gasteiger partial charge < -0.3 is 9.88 Å². The Morgan fingerprint density at radius 3 is 3.10 bits per heavy atom. The number of hydrogen-bond donors (Lipinski definition) is 1. The number of nitrogens with zero attached hydrogens (tertiary/aromatic N) is 2. The van der Waals surface area contributed by atoms with Gasteiger partial charge in [-0.2, -0.15) is 0 Å². The normalized spacial score (nSPS) is 20.0. The van der Waals surface area contributed by atoms with Crippen LogP contribution in [0.15, 0.2) is 23.0 Å². The van der Waals surface area contributed by atoms with Crippen LogP contribution in [-0.4, -0.2) is 36.1 Å². The predicted molar refractivity (Wildman–Crippen MR) is 84.4 cm³/mol. The zero-order valence-electron chi connectivity index (χ0n) is 12.1. The molecule has 1 N–H and O–H groups in total. The minimum atomic E-state index is 0.118. The maximum atomic E-state index is 11.7. The van der Waals surface area contributed by atoms with Crippen molar-refractivity contribution in [2.24, 2.45) is 13.0 Å². The van der Waals surface area contributed by atoms with E-state index < -0.39 is 0 Å². The zero-order valence-corrected chi connectivity index (χ0v) is 12.9. The molecule has 20 heavy (non-hydrogen) atoms. The molecule has 1 aliphatic heterocycles. The molecule has 1 fully saturated rings. The summed E-state index contributed by atoms with van der Waals surface area (Å²) in [6.07, 6.45) is 1.28. The number of rotatable bonds is 4. The third kappa shape index (κ3) is 2.66. The minimum Gasteiger partial charge on any atom is -0.319 e. The Labute approximate surface area is 123 Å². The number of fused-ring (bicyclic) bond motifs is 1. The molecule has 1 unspecified atom stereocenters. The monoisotopic (exact) mass is 291 g/mol. The average Bonchev–Trinajstić information content (AvgIpc) is 2.96. The van der Waals surface area contributed by atoms with Crippen molar-refractivity contribution in [2.45, 2.75) is 13.0 Å². The Bertz CT molecular complexity index is 661. The van der Waals surface area contributed by atoms with Crippen molar-refractivity contribution < 1.29 is 0 Å². The summed E-state index contributed by atoms with van der Waals surface area (Å²) in [7, 11) is 3.86. The Morgan fingerprint density at radius 1 is 1.45 bits per heavy atom. The fourth-order valence-corrected chi connectivity index (χ4v) is 3.99. The van der Waals surface area contributed by atoms with Crippen LogP contribution in [0.1, 0.15) is 12.0 Å². The second kappa shape index (κ2) is 5.68. The molecule has 0 spiro atoms. The van der Waals surface area contributed by atoms with Gasteiger partial charge in [-0.15, -0.1) is 0 Å². The van der Waals surface area contributed by atoms with Crippen LogP contribution in [0.5, 0.6) is 0 Å². The highest BCUT2D eigenvalue weighted by Gasteiger charge is 2.21. The van der Waals surface area contributed by atoms with Gasteiger partial charge in [0.15, 0.2) is 0 Å². The van der Waals surface area contributed by atoms with Gasteiger partial charge in [-0.05, 0) is 50.2 Å². The smallest absolute Gasteiger partial charge is 0.307 e. The number of aromatic nitrogens is 1. The molecule has 4 nitrogen and oxygen atoms in total. The largest absolute Gasteiger partial charge is 0.319 e. The highest BCUT2D eigenvalue weighted by atomic mass is 32.1. The van der Waals surface area contributed by atoms with Gasteiger partial charge >= 0.3 is 4.87 Å². The predicted octanol–water partition coefficient (Wildman–Crippen LogP) is 1.64. The Hall–Kier alpha value is -1.17. The second-order valence-electron chi connectivity index (χ2n) is 5.68. The van der Waals surface area contributed by atoms with Gasteiger partial charge in [-0.3, -0.25) is 9.69 Å². The summed E-state index contributed by atoms with van der Waals surface area (Å²) in [5.74, 6) is 0.775. The van der Waals surface area contributed by atoms with Crippen molar-refractivity contribution in [3.63, 3.8) is 0 Å². The average molecular weight is 291 g/mol. The molecule has 1 saturated heterocycles. The molecule has 1 aromatic carbocycles. The first-order valence-corrected chi connectivity index (χ1v) is 7.94. The van der Waals surface area contributed by atoms with Crippen molar-refractivity contribution in [3.8, 4) is 0 Å². The molecule has 0 saturated carbocycles. The van der Waals surface area contributed by atoms with Crippen molar-refractivity contribution in [3.05, 3.63) is 33.4 Å². The molecular formula is C15H21N3OS. The van der Waals surface area contributed by atoms with E-state index in [1.54, 1.807) is 4.57 Å². The van der Waals surface area contributed by atoms with E-state index in [1.807, 2.05) is 14.1 Å². The van der Waals surface area contributed by atoms with Crippen LogP contribution in [0.4, 0.5) is 0 Å². The molecule has 3 rings (SSSR count). The summed E-state index contributed by atoms with van der Waals surface area (Å²) < 4.78 is 2.82. The molecule has 0 amide bonds. The van der Waals surface area contributed by atoms with Crippen LogP contribution in [-0.2, 0) is 13.6 Å². The summed E-state index contributed by atoms with van der Waals surface area (Å²) in [6, 6.07) is 6.40. The first kappa shape index (κ1) is 13.8. The lowest BCUT2D eigenvalue weighted by Crippen LogP contribution is -2.24. The lowest BCUT2D eigenvalue weighted by Gasteiger charge is -2.16. The molecule has 0 bridgehead atoms. The maximum absolute atomic E-state index is 11.7. The van der Waals surface area contributed by atoms with E-state index in [2.05, 4.69) is 28.4 Å². The lowest BCUT2D eigenvalue weighted by molar-refractivity contribution is 0.315. The van der Waals surface area contributed by atoms with E-state index in [1.165, 1.54) is 36.4 Å². The Morgan fingerprint density at radius 2 is 2.30 bits per heavy atom. The van der Waals surface area contributed by atoms with Crippen molar-refractivity contribution in [2.75, 3.05) is 26.7 Å². The summed E-state index contributed by atoms with van der Waals surface area (Å²) in [5.41, 5.74) is 2.35. The molecule has 1 aliphatic rings. The quantitative estimate of drug-likeness (QED) is 0.930. The van der Waals surface area contributed by atoms with Crippen molar-refractivity contribution >= 4 is 21.6 Å². The highest BCUT2D eigenvalue weighted by molar-refractivity contribution is 7.16. The molecule has 0 radical (unpaired) electrons. The minimum absolute atomic E-state index is 0.118. The van der Waals surface area contributed by atoms with Crippen molar-refractivity contribution in [1.82, 2.24) is 14.8 Å². The molecule has 1 atom stereocenters. The van der Waals surface area contributed by atoms with E-state index >= 15 is 0 Å². The molecule has 2 aromatic rings. The van der Waals surface area contributed by atoms with Crippen molar-refractivity contribution in [1.29, 1.82) is 0 Å². The number of benzene rings is 1. The fraction of sp³-hybridized carbons (Fsp3) is 0.533. The molecule has 108 valence electrons. The number of nitrogens with one attached hydrogen (secondary N) is 1. The topological polar surface area (TPSA) is 37.3 Å². The lowest BCUT2D eigenvalue weighted by atomic mass is 10.1.